The number of nitrogens with two attached hydrogens (primary N) is 1. The Hall–Kier alpha value is -0.670. The Balaban J connectivity index is 1.86. The van der Waals surface area contributed by atoms with Crippen LogP contribution in [-0.4, -0.2) is 43.5 Å². The zero-order chi connectivity index (χ0) is 18.1. The van der Waals surface area contributed by atoms with Crippen LogP contribution in [0.15, 0.2) is 17.1 Å². The van der Waals surface area contributed by atoms with Gasteiger partial charge >= 0.3 is 0 Å². The van der Waals surface area contributed by atoms with E-state index in [-0.39, 0.29) is 0 Å². The Bertz CT molecular complexity index is 351. The molecule has 25 heavy (non-hydrogen) atoms. The van der Waals surface area contributed by atoms with Gasteiger partial charge in [0.2, 0.25) is 0 Å². The van der Waals surface area contributed by atoms with Gasteiger partial charge in [-0.3, -0.25) is 4.48 Å². The van der Waals surface area contributed by atoms with Crippen LogP contribution in [0.25, 0.3) is 0 Å². The highest BCUT2D eigenvalue weighted by Gasteiger charge is 2.26. The van der Waals surface area contributed by atoms with Crippen LogP contribution in [0.4, 0.5) is 0 Å². The SMILES string of the molecule is CCCCCCCCCCCCCCC=CC[N+]1(CCN)C=NCC1. The number of allylic oxidation sites excluding steroid dienone is 1. The molecule has 3 nitrogen and oxygen atoms in total. The second kappa shape index (κ2) is 15.6. The fourth-order valence-corrected chi connectivity index (χ4v) is 3.71. The highest BCUT2D eigenvalue weighted by Crippen LogP contribution is 2.13. The van der Waals surface area contributed by atoms with E-state index >= 15 is 0 Å². The zero-order valence-corrected chi connectivity index (χ0v) is 16.9. The molecule has 0 aliphatic carbocycles. The van der Waals surface area contributed by atoms with E-state index in [2.05, 4.69) is 30.4 Å². The van der Waals surface area contributed by atoms with E-state index in [9.17, 15) is 0 Å². The lowest BCUT2D eigenvalue weighted by atomic mass is 10.0. The van der Waals surface area contributed by atoms with Crippen LogP contribution in [0.3, 0.4) is 0 Å². The summed E-state index contributed by atoms with van der Waals surface area (Å²) in [4.78, 5) is 4.40. The molecule has 0 fully saturated rings. The molecule has 0 saturated heterocycles. The molecule has 1 atom stereocenters. The average Bonchev–Trinajstić information content (AvgIpc) is 3.07. The molecule has 146 valence electrons. The lowest BCUT2D eigenvalue weighted by Gasteiger charge is -2.28. The molecule has 1 unspecified atom stereocenters. The molecule has 1 rings (SSSR count). The molecule has 0 spiro atoms. The number of hydrogen-bond acceptors (Lipinski definition) is 2. The number of aliphatic imine (C=N–C) groups is 1. The largest absolute Gasteiger partial charge is 0.326 e. The van der Waals surface area contributed by atoms with Crippen molar-refractivity contribution in [3.8, 4) is 0 Å². The van der Waals surface area contributed by atoms with E-state index in [1.807, 2.05) is 0 Å². The standard InChI is InChI=1S/C22H44N3/c1-2-3-4-5-6-7-8-9-10-11-12-13-14-15-16-19-25(20-17-23)21-18-24-22-25/h15-16,22H,2-14,17-21,23H2,1H3/q+1. The molecule has 3 heteroatoms. The van der Waals surface area contributed by atoms with Crippen molar-refractivity contribution in [3.05, 3.63) is 12.2 Å². The summed E-state index contributed by atoms with van der Waals surface area (Å²) in [7, 11) is 0. The first-order valence-electron chi connectivity index (χ1n) is 11.0. The minimum atomic E-state index is 0.749. The van der Waals surface area contributed by atoms with Crippen molar-refractivity contribution in [3.63, 3.8) is 0 Å². The van der Waals surface area contributed by atoms with Crippen molar-refractivity contribution in [1.29, 1.82) is 0 Å². The van der Waals surface area contributed by atoms with Crippen LogP contribution in [0, 0.1) is 0 Å². The first-order valence-corrected chi connectivity index (χ1v) is 11.0. The van der Waals surface area contributed by atoms with Crippen molar-refractivity contribution in [2.45, 2.75) is 90.4 Å². The third-order valence-electron chi connectivity index (χ3n) is 5.44. The predicted octanol–water partition coefficient (Wildman–Crippen LogP) is 5.45. The number of nitrogens with zero attached hydrogens (tertiary/aromatic N) is 2. The second-order valence-electron chi connectivity index (χ2n) is 7.81. The number of hydrogen-bond donors (Lipinski definition) is 1. The Morgan fingerprint density at radius 2 is 1.48 bits per heavy atom. The molecule has 0 radical (unpaired) electrons. The molecule has 0 bridgehead atoms. The average molecular weight is 351 g/mol. The lowest BCUT2D eigenvalue weighted by molar-refractivity contribution is -0.820. The molecule has 0 amide bonds. The molecule has 1 aliphatic heterocycles. The van der Waals surface area contributed by atoms with Crippen molar-refractivity contribution in [2.75, 3.05) is 32.7 Å². The summed E-state index contributed by atoms with van der Waals surface area (Å²) in [6.45, 7) is 7.22. The summed E-state index contributed by atoms with van der Waals surface area (Å²) in [6.07, 6.45) is 25.2. The van der Waals surface area contributed by atoms with Gasteiger partial charge in [0, 0.05) is 6.54 Å². The summed E-state index contributed by atoms with van der Waals surface area (Å²) in [5, 5.41) is 0. The van der Waals surface area contributed by atoms with Gasteiger partial charge in [0.15, 0.2) is 6.34 Å². The van der Waals surface area contributed by atoms with Crippen LogP contribution in [0.5, 0.6) is 0 Å². The molecular formula is C22H44N3+. The molecule has 1 heterocycles. The van der Waals surface area contributed by atoms with Crippen molar-refractivity contribution < 1.29 is 4.48 Å². The molecule has 1 aliphatic rings. The van der Waals surface area contributed by atoms with Gasteiger partial charge in [-0.25, -0.2) is 4.99 Å². The Kier molecular flexibility index (Phi) is 13.9. The summed E-state index contributed by atoms with van der Waals surface area (Å²) < 4.78 is 0.964. The number of quaternary nitrogens is 1. The van der Waals surface area contributed by atoms with Gasteiger partial charge in [-0.05, 0) is 18.9 Å². The summed E-state index contributed by atoms with van der Waals surface area (Å²) in [6, 6.07) is 0. The van der Waals surface area contributed by atoms with E-state index in [4.69, 9.17) is 5.73 Å². The van der Waals surface area contributed by atoms with Crippen LogP contribution in [-0.2, 0) is 0 Å². The van der Waals surface area contributed by atoms with Gasteiger partial charge in [0.1, 0.15) is 13.1 Å². The molecule has 0 saturated carbocycles. The van der Waals surface area contributed by atoms with Crippen molar-refractivity contribution >= 4 is 6.34 Å². The molecule has 0 aromatic carbocycles. The first-order chi connectivity index (χ1) is 12.3. The smallest absolute Gasteiger partial charge is 0.185 e. The maximum Gasteiger partial charge on any atom is 0.185 e. The van der Waals surface area contributed by atoms with E-state index in [1.165, 1.54) is 83.5 Å². The van der Waals surface area contributed by atoms with Gasteiger partial charge in [-0.1, -0.05) is 83.6 Å². The van der Waals surface area contributed by atoms with Gasteiger partial charge < -0.3 is 5.73 Å². The van der Waals surface area contributed by atoms with Crippen LogP contribution in [0.1, 0.15) is 90.4 Å². The topological polar surface area (TPSA) is 38.4 Å². The molecule has 2 N–H and O–H groups in total. The zero-order valence-electron chi connectivity index (χ0n) is 16.9. The van der Waals surface area contributed by atoms with Crippen LogP contribution >= 0.6 is 0 Å². The Morgan fingerprint density at radius 3 is 2.00 bits per heavy atom. The fourth-order valence-electron chi connectivity index (χ4n) is 3.71. The lowest BCUT2D eigenvalue weighted by Crippen LogP contribution is -2.48. The minimum Gasteiger partial charge on any atom is -0.326 e. The minimum absolute atomic E-state index is 0.749. The molecular weight excluding hydrogens is 306 g/mol. The van der Waals surface area contributed by atoms with Crippen molar-refractivity contribution in [2.24, 2.45) is 10.7 Å². The maximum absolute atomic E-state index is 5.75. The quantitative estimate of drug-likeness (QED) is 0.211. The monoisotopic (exact) mass is 350 g/mol. The third-order valence-corrected chi connectivity index (χ3v) is 5.44. The van der Waals surface area contributed by atoms with E-state index in [0.717, 1.165) is 37.2 Å². The van der Waals surface area contributed by atoms with Gasteiger partial charge in [0.05, 0.1) is 13.1 Å². The Labute approximate surface area is 157 Å². The summed E-state index contributed by atoms with van der Waals surface area (Å²) in [5.41, 5.74) is 5.75. The number of unbranched alkanes of at least 4 members (excludes halogenated alkanes) is 12. The van der Waals surface area contributed by atoms with E-state index in [0.29, 0.717) is 0 Å². The highest BCUT2D eigenvalue weighted by molar-refractivity contribution is 5.48. The molecule has 0 aromatic rings. The summed E-state index contributed by atoms with van der Waals surface area (Å²) in [5.74, 6) is 0. The van der Waals surface area contributed by atoms with Crippen molar-refractivity contribution in [1.82, 2.24) is 0 Å². The van der Waals surface area contributed by atoms with E-state index in [1.54, 1.807) is 0 Å². The summed E-state index contributed by atoms with van der Waals surface area (Å²) >= 11 is 0. The van der Waals surface area contributed by atoms with Gasteiger partial charge in [-0.15, -0.1) is 0 Å². The normalized spacial score (nSPS) is 20.1. The van der Waals surface area contributed by atoms with Crippen LogP contribution in [0.2, 0.25) is 0 Å². The van der Waals surface area contributed by atoms with Gasteiger partial charge in [-0.2, -0.15) is 0 Å². The van der Waals surface area contributed by atoms with Crippen LogP contribution < -0.4 is 5.73 Å². The first kappa shape index (κ1) is 22.4. The highest BCUT2D eigenvalue weighted by atomic mass is 15.4. The second-order valence-corrected chi connectivity index (χ2v) is 7.81. The fraction of sp³-hybridized carbons (Fsp3) is 0.864. The predicted molar refractivity (Wildman–Crippen MR) is 112 cm³/mol. The molecule has 0 aromatic heterocycles. The third kappa shape index (κ3) is 11.5. The van der Waals surface area contributed by atoms with Gasteiger partial charge in [0.25, 0.3) is 0 Å². The van der Waals surface area contributed by atoms with E-state index < -0.39 is 0 Å². The maximum atomic E-state index is 5.75. The Morgan fingerprint density at radius 1 is 0.880 bits per heavy atom. The number of rotatable bonds is 17.